The molecular weight excluding hydrogens is 310 g/mol. The Morgan fingerprint density at radius 3 is 2.62 bits per heavy atom. The molecule has 1 atom stereocenters. The van der Waals surface area contributed by atoms with E-state index in [1.165, 1.54) is 18.3 Å². The highest BCUT2D eigenvalue weighted by molar-refractivity contribution is 8.13. The summed E-state index contributed by atoms with van der Waals surface area (Å²) in [5.74, 6) is 0.872. The SMILES string of the molecule is CCC(C)c1ccccc1Oc1ncccc1S(=O)(=O)Cl. The van der Waals surface area contributed by atoms with Crippen LogP contribution < -0.4 is 4.74 Å². The van der Waals surface area contributed by atoms with E-state index in [4.69, 9.17) is 15.4 Å². The molecular formula is C15H16ClNO3S. The van der Waals surface area contributed by atoms with Crippen molar-refractivity contribution in [2.75, 3.05) is 0 Å². The van der Waals surface area contributed by atoms with Gasteiger partial charge in [-0.05, 0) is 36.1 Å². The molecule has 0 radical (unpaired) electrons. The molecule has 0 spiro atoms. The summed E-state index contributed by atoms with van der Waals surface area (Å²) in [5, 5.41) is 0. The lowest BCUT2D eigenvalue weighted by Gasteiger charge is -2.15. The van der Waals surface area contributed by atoms with Crippen molar-refractivity contribution in [3.63, 3.8) is 0 Å². The highest BCUT2D eigenvalue weighted by Crippen LogP contribution is 2.34. The van der Waals surface area contributed by atoms with Gasteiger partial charge in [-0.25, -0.2) is 13.4 Å². The van der Waals surface area contributed by atoms with Gasteiger partial charge < -0.3 is 4.74 Å². The first-order valence-electron chi connectivity index (χ1n) is 6.60. The quantitative estimate of drug-likeness (QED) is 0.768. The molecule has 0 aliphatic heterocycles. The zero-order chi connectivity index (χ0) is 15.5. The van der Waals surface area contributed by atoms with Gasteiger partial charge in [0.05, 0.1) is 0 Å². The predicted octanol–water partition coefficient (Wildman–Crippen LogP) is 4.31. The molecule has 0 saturated heterocycles. The Morgan fingerprint density at radius 1 is 1.24 bits per heavy atom. The summed E-state index contributed by atoms with van der Waals surface area (Å²) in [6, 6.07) is 10.4. The highest BCUT2D eigenvalue weighted by atomic mass is 35.7. The van der Waals surface area contributed by atoms with Crippen LogP contribution in [0.25, 0.3) is 0 Å². The van der Waals surface area contributed by atoms with E-state index in [0.29, 0.717) is 11.7 Å². The van der Waals surface area contributed by atoms with Crippen molar-refractivity contribution >= 4 is 19.7 Å². The van der Waals surface area contributed by atoms with Crippen LogP contribution in [0.1, 0.15) is 31.7 Å². The van der Waals surface area contributed by atoms with Crippen LogP contribution >= 0.6 is 10.7 Å². The molecule has 1 heterocycles. The number of para-hydroxylation sites is 1. The first-order valence-corrected chi connectivity index (χ1v) is 8.91. The highest BCUT2D eigenvalue weighted by Gasteiger charge is 2.19. The van der Waals surface area contributed by atoms with Gasteiger partial charge in [-0.2, -0.15) is 0 Å². The second kappa shape index (κ2) is 6.45. The van der Waals surface area contributed by atoms with Gasteiger partial charge in [0, 0.05) is 16.9 Å². The molecule has 0 fully saturated rings. The van der Waals surface area contributed by atoms with Gasteiger partial charge in [-0.15, -0.1) is 0 Å². The van der Waals surface area contributed by atoms with Crippen LogP contribution in [0.2, 0.25) is 0 Å². The van der Waals surface area contributed by atoms with Crippen LogP contribution in [0.3, 0.4) is 0 Å². The average molecular weight is 326 g/mol. The van der Waals surface area contributed by atoms with Crippen LogP contribution in [0, 0.1) is 0 Å². The van der Waals surface area contributed by atoms with Gasteiger partial charge in [-0.1, -0.05) is 32.0 Å². The molecule has 112 valence electrons. The van der Waals surface area contributed by atoms with Gasteiger partial charge in [0.25, 0.3) is 9.05 Å². The molecule has 0 saturated carbocycles. The fourth-order valence-corrected chi connectivity index (χ4v) is 2.84. The Morgan fingerprint density at radius 2 is 1.95 bits per heavy atom. The third-order valence-electron chi connectivity index (χ3n) is 3.27. The van der Waals surface area contributed by atoms with Crippen LogP contribution in [0.15, 0.2) is 47.5 Å². The molecule has 2 aromatic rings. The predicted molar refractivity (Wildman–Crippen MR) is 82.5 cm³/mol. The summed E-state index contributed by atoms with van der Waals surface area (Å²) in [4.78, 5) is 3.85. The Labute approximate surface area is 129 Å². The molecule has 0 N–H and O–H groups in total. The maximum atomic E-state index is 11.6. The van der Waals surface area contributed by atoms with Crippen LogP contribution in [0.4, 0.5) is 0 Å². The Balaban J connectivity index is 2.45. The normalized spacial score (nSPS) is 12.9. The molecule has 0 bridgehead atoms. The average Bonchev–Trinajstić information content (AvgIpc) is 2.46. The zero-order valence-corrected chi connectivity index (χ0v) is 13.4. The van der Waals surface area contributed by atoms with Crippen molar-refractivity contribution in [1.82, 2.24) is 4.98 Å². The third kappa shape index (κ3) is 3.74. The second-order valence-corrected chi connectivity index (χ2v) is 7.23. The summed E-state index contributed by atoms with van der Waals surface area (Å²) in [5.41, 5.74) is 1.00. The molecule has 0 amide bonds. The van der Waals surface area contributed by atoms with Crippen molar-refractivity contribution in [3.8, 4) is 11.6 Å². The molecule has 1 unspecified atom stereocenters. The number of rotatable bonds is 5. The van der Waals surface area contributed by atoms with Gasteiger partial charge in [-0.3, -0.25) is 0 Å². The number of ether oxygens (including phenoxy) is 1. The summed E-state index contributed by atoms with van der Waals surface area (Å²) < 4.78 is 28.8. The Kier molecular flexibility index (Phi) is 4.85. The van der Waals surface area contributed by atoms with Gasteiger partial charge in [0.2, 0.25) is 5.88 Å². The fraction of sp³-hybridized carbons (Fsp3) is 0.267. The lowest BCUT2D eigenvalue weighted by molar-refractivity contribution is 0.438. The number of nitrogens with zero attached hydrogens (tertiary/aromatic N) is 1. The molecule has 21 heavy (non-hydrogen) atoms. The van der Waals surface area contributed by atoms with E-state index < -0.39 is 9.05 Å². The van der Waals surface area contributed by atoms with Crippen LogP contribution in [-0.2, 0) is 9.05 Å². The molecule has 1 aromatic carbocycles. The maximum Gasteiger partial charge on any atom is 0.266 e. The number of hydrogen-bond acceptors (Lipinski definition) is 4. The third-order valence-corrected chi connectivity index (χ3v) is 4.60. The fourth-order valence-electron chi connectivity index (χ4n) is 1.94. The van der Waals surface area contributed by atoms with Crippen molar-refractivity contribution in [1.29, 1.82) is 0 Å². The van der Waals surface area contributed by atoms with E-state index >= 15 is 0 Å². The lowest BCUT2D eigenvalue weighted by atomic mass is 9.98. The van der Waals surface area contributed by atoms with Crippen LogP contribution in [-0.4, -0.2) is 13.4 Å². The number of benzene rings is 1. The summed E-state index contributed by atoms with van der Waals surface area (Å²) in [6.07, 6.45) is 2.41. The van der Waals surface area contributed by atoms with Crippen LogP contribution in [0.5, 0.6) is 11.6 Å². The summed E-state index contributed by atoms with van der Waals surface area (Å²) in [6.45, 7) is 4.16. The zero-order valence-electron chi connectivity index (χ0n) is 11.8. The van der Waals surface area contributed by atoms with Gasteiger partial charge in [0.15, 0.2) is 0 Å². The number of pyridine rings is 1. The topological polar surface area (TPSA) is 56.3 Å². The molecule has 1 aromatic heterocycles. The molecule has 6 heteroatoms. The van der Waals surface area contributed by atoms with E-state index in [-0.39, 0.29) is 10.8 Å². The molecule has 0 aliphatic carbocycles. The molecule has 2 rings (SSSR count). The number of halogens is 1. The Bertz CT molecular complexity index is 731. The van der Waals surface area contributed by atoms with Crippen molar-refractivity contribution in [2.24, 2.45) is 0 Å². The monoisotopic (exact) mass is 325 g/mol. The minimum absolute atomic E-state index is 0.0109. The van der Waals surface area contributed by atoms with Crippen molar-refractivity contribution in [2.45, 2.75) is 31.1 Å². The largest absolute Gasteiger partial charge is 0.437 e. The smallest absolute Gasteiger partial charge is 0.266 e. The van der Waals surface area contributed by atoms with E-state index in [1.807, 2.05) is 18.2 Å². The molecule has 0 aliphatic rings. The standard InChI is InChI=1S/C15H16ClNO3S/c1-3-11(2)12-7-4-5-8-13(12)20-15-14(21(16,18)19)9-6-10-17-15/h4-11H,3H2,1-2H3. The van der Waals surface area contributed by atoms with E-state index in [1.54, 1.807) is 6.07 Å². The van der Waals surface area contributed by atoms with E-state index in [9.17, 15) is 8.42 Å². The first kappa shape index (κ1) is 15.8. The second-order valence-electron chi connectivity index (χ2n) is 4.69. The lowest BCUT2D eigenvalue weighted by Crippen LogP contribution is -2.01. The number of hydrogen-bond donors (Lipinski definition) is 0. The summed E-state index contributed by atoms with van der Waals surface area (Å²) in [7, 11) is 1.50. The van der Waals surface area contributed by atoms with Crippen molar-refractivity contribution in [3.05, 3.63) is 48.2 Å². The van der Waals surface area contributed by atoms with Gasteiger partial charge in [0.1, 0.15) is 10.6 Å². The summed E-state index contributed by atoms with van der Waals surface area (Å²) >= 11 is 0. The number of aromatic nitrogens is 1. The minimum atomic E-state index is -3.91. The maximum absolute atomic E-state index is 11.6. The Hall–Kier alpha value is -1.59. The molecule has 4 nitrogen and oxygen atoms in total. The first-order chi connectivity index (χ1) is 9.93. The van der Waals surface area contributed by atoms with Gasteiger partial charge >= 0.3 is 0 Å². The van der Waals surface area contributed by atoms with E-state index in [0.717, 1.165) is 12.0 Å². The van der Waals surface area contributed by atoms with Crippen molar-refractivity contribution < 1.29 is 13.2 Å². The van der Waals surface area contributed by atoms with E-state index in [2.05, 4.69) is 18.8 Å². The minimum Gasteiger partial charge on any atom is -0.437 e.